The number of hydrogen-bond acceptors (Lipinski definition) is 6. The van der Waals surface area contributed by atoms with E-state index in [0.717, 1.165) is 5.56 Å². The number of aromatic nitrogens is 1. The Bertz CT molecular complexity index is 990. The number of hydrogen-bond donors (Lipinski definition) is 0. The van der Waals surface area contributed by atoms with E-state index in [1.807, 2.05) is 34.6 Å². The van der Waals surface area contributed by atoms with Gasteiger partial charge in [0.15, 0.2) is 0 Å². The number of amides is 1. The summed E-state index contributed by atoms with van der Waals surface area (Å²) in [7, 11) is -3.76. The first-order chi connectivity index (χ1) is 14.0. The molecule has 1 aromatic heterocycles. The van der Waals surface area contributed by atoms with Gasteiger partial charge in [0.05, 0.1) is 29.5 Å². The van der Waals surface area contributed by atoms with Gasteiger partial charge in [-0.25, -0.2) is 12.4 Å². The van der Waals surface area contributed by atoms with Crippen molar-refractivity contribution in [3.63, 3.8) is 0 Å². The molecule has 0 saturated carbocycles. The maximum Gasteiger partial charge on any atom is 0.267 e. The van der Waals surface area contributed by atoms with Crippen molar-refractivity contribution in [2.24, 2.45) is 0 Å². The maximum atomic E-state index is 13.1. The van der Waals surface area contributed by atoms with E-state index in [1.54, 1.807) is 41.3 Å². The van der Waals surface area contributed by atoms with Crippen LogP contribution in [-0.2, 0) is 26.1 Å². The summed E-state index contributed by atoms with van der Waals surface area (Å²) in [6, 6.07) is 10.1. The number of carbonyl (C=O) groups excluding carboxylic acids is 1. The standard InChI is InChI=1S/C21H28N2O4S3/c1-6-27-20(28)29-15-19(24)22(21(3,4)5)14-17-8-7-13-23(17)30(25,26)18-11-9-16(2)10-12-18/h7-13H,6,14-15H2,1-5H3. The van der Waals surface area contributed by atoms with E-state index in [-0.39, 0.29) is 23.1 Å². The second-order valence-corrected chi connectivity index (χ2v) is 11.1. The van der Waals surface area contributed by atoms with Crippen LogP contribution < -0.4 is 0 Å². The molecule has 0 aliphatic rings. The van der Waals surface area contributed by atoms with Crippen molar-refractivity contribution < 1.29 is 17.9 Å². The SMILES string of the molecule is CCOC(=S)SCC(=O)N(Cc1cccn1S(=O)(=O)c1ccc(C)cc1)C(C)(C)C. The summed E-state index contributed by atoms with van der Waals surface area (Å²) >= 11 is 6.25. The Morgan fingerprint density at radius 1 is 1.20 bits per heavy atom. The maximum absolute atomic E-state index is 13.1. The minimum Gasteiger partial charge on any atom is -0.479 e. The largest absolute Gasteiger partial charge is 0.479 e. The Balaban J connectivity index is 2.28. The van der Waals surface area contributed by atoms with Crippen LogP contribution in [0.4, 0.5) is 0 Å². The van der Waals surface area contributed by atoms with Crippen LogP contribution in [0.15, 0.2) is 47.5 Å². The van der Waals surface area contributed by atoms with E-state index in [0.29, 0.717) is 16.7 Å². The summed E-state index contributed by atoms with van der Waals surface area (Å²) in [5, 5.41) is 0. The Labute approximate surface area is 188 Å². The van der Waals surface area contributed by atoms with Crippen LogP contribution in [0.5, 0.6) is 0 Å². The first-order valence-corrected chi connectivity index (χ1v) is 12.4. The van der Waals surface area contributed by atoms with Gasteiger partial charge in [0.2, 0.25) is 10.3 Å². The predicted molar refractivity (Wildman–Crippen MR) is 125 cm³/mol. The van der Waals surface area contributed by atoms with Crippen molar-refractivity contribution in [1.82, 2.24) is 8.87 Å². The third-order valence-corrected chi connectivity index (χ3v) is 7.34. The number of ether oxygens (including phenoxy) is 1. The van der Waals surface area contributed by atoms with Crippen molar-refractivity contribution in [1.29, 1.82) is 0 Å². The molecule has 1 heterocycles. The smallest absolute Gasteiger partial charge is 0.267 e. The molecule has 9 heteroatoms. The molecule has 1 aromatic carbocycles. The Hall–Kier alpha value is -1.84. The zero-order valence-corrected chi connectivity index (χ0v) is 20.4. The molecule has 0 saturated heterocycles. The van der Waals surface area contributed by atoms with E-state index >= 15 is 0 Å². The minimum absolute atomic E-state index is 0.127. The highest BCUT2D eigenvalue weighted by atomic mass is 32.2. The van der Waals surface area contributed by atoms with E-state index in [9.17, 15) is 13.2 Å². The number of aryl methyl sites for hydroxylation is 1. The number of thiocarbonyl (C=S) groups is 1. The fourth-order valence-electron chi connectivity index (χ4n) is 2.80. The highest BCUT2D eigenvalue weighted by Crippen LogP contribution is 2.23. The molecule has 6 nitrogen and oxygen atoms in total. The van der Waals surface area contributed by atoms with Crippen molar-refractivity contribution >= 4 is 44.3 Å². The molecule has 1 amide bonds. The molecule has 2 aromatic rings. The first kappa shape index (κ1) is 24.4. The topological polar surface area (TPSA) is 68.6 Å². The molecule has 0 spiro atoms. The van der Waals surface area contributed by atoms with Gasteiger partial charge in [-0.05, 0) is 71.1 Å². The molecule has 164 valence electrons. The van der Waals surface area contributed by atoms with Gasteiger partial charge in [-0.2, -0.15) is 0 Å². The molecule has 30 heavy (non-hydrogen) atoms. The van der Waals surface area contributed by atoms with Crippen LogP contribution in [0.25, 0.3) is 0 Å². The molecule has 0 aliphatic heterocycles. The summed E-state index contributed by atoms with van der Waals surface area (Å²) in [6.07, 6.45) is 1.51. The zero-order valence-electron chi connectivity index (χ0n) is 17.9. The lowest BCUT2D eigenvalue weighted by Crippen LogP contribution is -2.46. The van der Waals surface area contributed by atoms with Gasteiger partial charge in [-0.1, -0.05) is 29.5 Å². The number of thioether (sulfide) groups is 1. The number of carbonyl (C=O) groups is 1. The quantitative estimate of drug-likeness (QED) is 0.567. The van der Waals surface area contributed by atoms with Gasteiger partial charge in [0.25, 0.3) is 10.0 Å². The summed E-state index contributed by atoms with van der Waals surface area (Å²) in [4.78, 5) is 14.8. The number of benzene rings is 1. The van der Waals surface area contributed by atoms with E-state index in [2.05, 4.69) is 0 Å². The Morgan fingerprint density at radius 3 is 2.40 bits per heavy atom. The Kier molecular flexibility index (Phi) is 8.13. The van der Waals surface area contributed by atoms with Gasteiger partial charge in [-0.3, -0.25) is 4.79 Å². The molecule has 0 radical (unpaired) electrons. The van der Waals surface area contributed by atoms with Gasteiger partial charge in [0.1, 0.15) is 0 Å². The highest BCUT2D eigenvalue weighted by molar-refractivity contribution is 8.23. The van der Waals surface area contributed by atoms with Crippen molar-refractivity contribution in [2.75, 3.05) is 12.4 Å². The molecule has 2 rings (SSSR count). The second-order valence-electron chi connectivity index (χ2n) is 7.74. The molecule has 0 unspecified atom stereocenters. The van der Waals surface area contributed by atoms with Gasteiger partial charge in [-0.15, -0.1) is 0 Å². The fraction of sp³-hybridized carbons (Fsp3) is 0.429. The molecule has 0 aliphatic carbocycles. The van der Waals surface area contributed by atoms with Crippen LogP contribution >= 0.6 is 24.0 Å². The van der Waals surface area contributed by atoms with Crippen molar-refractivity contribution in [3.8, 4) is 0 Å². The van der Waals surface area contributed by atoms with Crippen LogP contribution in [0.3, 0.4) is 0 Å². The normalized spacial score (nSPS) is 11.9. The van der Waals surface area contributed by atoms with Gasteiger partial charge >= 0.3 is 0 Å². The van der Waals surface area contributed by atoms with Crippen LogP contribution in [-0.4, -0.2) is 45.5 Å². The average Bonchev–Trinajstić information content (AvgIpc) is 3.13. The molecule has 0 atom stereocenters. The third kappa shape index (κ3) is 6.09. The fourth-order valence-corrected chi connectivity index (χ4v) is 5.06. The lowest BCUT2D eigenvalue weighted by molar-refractivity contribution is -0.133. The average molecular weight is 469 g/mol. The van der Waals surface area contributed by atoms with Crippen LogP contribution in [0.2, 0.25) is 0 Å². The van der Waals surface area contributed by atoms with E-state index in [4.69, 9.17) is 17.0 Å². The third-order valence-electron chi connectivity index (χ3n) is 4.38. The molecule has 0 fully saturated rings. The summed E-state index contributed by atoms with van der Waals surface area (Å²) in [6.45, 7) is 10.1. The monoisotopic (exact) mass is 468 g/mol. The zero-order chi connectivity index (χ0) is 22.5. The van der Waals surface area contributed by atoms with Gasteiger partial charge < -0.3 is 9.64 Å². The first-order valence-electron chi connectivity index (χ1n) is 9.55. The number of nitrogens with zero attached hydrogens (tertiary/aromatic N) is 2. The van der Waals surface area contributed by atoms with Crippen molar-refractivity contribution in [2.45, 2.75) is 51.6 Å². The Morgan fingerprint density at radius 2 is 1.83 bits per heavy atom. The second kappa shape index (κ2) is 9.98. The minimum atomic E-state index is -3.76. The highest BCUT2D eigenvalue weighted by Gasteiger charge is 2.29. The molecule has 0 bridgehead atoms. The van der Waals surface area contributed by atoms with Crippen LogP contribution in [0, 0.1) is 6.92 Å². The summed E-state index contributed by atoms with van der Waals surface area (Å²) in [5.74, 6) is -0.0170. The van der Waals surface area contributed by atoms with Crippen molar-refractivity contribution in [3.05, 3.63) is 53.9 Å². The molecular weight excluding hydrogens is 440 g/mol. The lowest BCUT2D eigenvalue weighted by atomic mass is 10.1. The van der Waals surface area contributed by atoms with Crippen LogP contribution in [0.1, 0.15) is 39.0 Å². The van der Waals surface area contributed by atoms with E-state index < -0.39 is 15.6 Å². The molecular formula is C21H28N2O4S3. The number of rotatable bonds is 7. The van der Waals surface area contributed by atoms with Gasteiger partial charge in [0, 0.05) is 11.7 Å². The lowest BCUT2D eigenvalue weighted by Gasteiger charge is -2.36. The molecule has 0 N–H and O–H groups in total. The predicted octanol–water partition coefficient (Wildman–Crippen LogP) is 4.22. The summed E-state index contributed by atoms with van der Waals surface area (Å²) in [5.41, 5.74) is 0.984. The van der Waals surface area contributed by atoms with E-state index in [1.165, 1.54) is 21.9 Å². The summed E-state index contributed by atoms with van der Waals surface area (Å²) < 4.78 is 33.1.